The van der Waals surface area contributed by atoms with Crippen molar-refractivity contribution in [2.45, 2.75) is 374 Å². The molecule has 17 nitrogen and oxygen atoms in total. The van der Waals surface area contributed by atoms with Crippen LogP contribution in [-0.4, -0.2) is 96.7 Å². The van der Waals surface area contributed by atoms with Crippen LogP contribution in [0.3, 0.4) is 0 Å². The molecule has 0 saturated carbocycles. The maximum Gasteiger partial charge on any atom is 0.472 e. The highest BCUT2D eigenvalue weighted by atomic mass is 31.2. The van der Waals surface area contributed by atoms with E-state index in [9.17, 15) is 43.2 Å². The van der Waals surface area contributed by atoms with Gasteiger partial charge >= 0.3 is 39.5 Å². The van der Waals surface area contributed by atoms with Crippen LogP contribution in [0.5, 0.6) is 0 Å². The topological polar surface area (TPSA) is 237 Å². The van der Waals surface area contributed by atoms with Crippen molar-refractivity contribution >= 4 is 39.5 Å². The van der Waals surface area contributed by atoms with Crippen LogP contribution < -0.4 is 0 Å². The molecule has 0 saturated heterocycles. The lowest BCUT2D eigenvalue weighted by Crippen LogP contribution is -2.30. The van der Waals surface area contributed by atoms with Crippen LogP contribution in [0.2, 0.25) is 0 Å². The third-order valence-electron chi connectivity index (χ3n) is 16.4. The number of aliphatic hydroxyl groups is 1. The largest absolute Gasteiger partial charge is 0.472 e. The first kappa shape index (κ1) is 86.1. The summed E-state index contributed by atoms with van der Waals surface area (Å²) in [5.41, 5.74) is 0. The summed E-state index contributed by atoms with van der Waals surface area (Å²) < 4.78 is 68.1. The van der Waals surface area contributed by atoms with E-state index in [0.717, 1.165) is 109 Å². The zero-order chi connectivity index (χ0) is 64.9. The first-order chi connectivity index (χ1) is 42.6. The van der Waals surface area contributed by atoms with Gasteiger partial charge in [0.15, 0.2) is 12.2 Å². The second kappa shape index (κ2) is 62.5. The van der Waals surface area contributed by atoms with Crippen molar-refractivity contribution in [3.05, 3.63) is 0 Å². The molecule has 0 aromatic heterocycles. The smallest absolute Gasteiger partial charge is 0.462 e. The number of rotatable bonds is 69. The lowest BCUT2D eigenvalue weighted by atomic mass is 10.00. The fourth-order valence-corrected chi connectivity index (χ4v) is 12.0. The van der Waals surface area contributed by atoms with Crippen molar-refractivity contribution in [2.24, 2.45) is 5.92 Å². The van der Waals surface area contributed by atoms with Gasteiger partial charge in [-0.3, -0.25) is 37.3 Å². The summed E-state index contributed by atoms with van der Waals surface area (Å²) in [5, 5.41) is 10.6. The van der Waals surface area contributed by atoms with Gasteiger partial charge in [-0.1, -0.05) is 304 Å². The van der Waals surface area contributed by atoms with E-state index in [1.165, 1.54) is 167 Å². The van der Waals surface area contributed by atoms with Gasteiger partial charge in [-0.2, -0.15) is 0 Å². The van der Waals surface area contributed by atoms with Gasteiger partial charge in [0, 0.05) is 25.7 Å². The molecule has 0 aromatic carbocycles. The Morgan fingerprint density at radius 3 is 0.807 bits per heavy atom. The second-order valence-corrected chi connectivity index (χ2v) is 28.1. The number of phosphoric acid groups is 2. The number of aliphatic hydroxyl groups excluding tert-OH is 1. The highest BCUT2D eigenvalue weighted by Gasteiger charge is 2.30. The lowest BCUT2D eigenvalue weighted by molar-refractivity contribution is -0.161. The van der Waals surface area contributed by atoms with Crippen molar-refractivity contribution in [3.63, 3.8) is 0 Å². The second-order valence-electron chi connectivity index (χ2n) is 25.2. The average molecular weight is 1300 g/mol. The van der Waals surface area contributed by atoms with Crippen LogP contribution in [0.15, 0.2) is 0 Å². The van der Waals surface area contributed by atoms with E-state index in [1.54, 1.807) is 0 Å². The molecule has 0 aromatic rings. The minimum absolute atomic E-state index is 0.103. The first-order valence-corrected chi connectivity index (χ1v) is 39.2. The van der Waals surface area contributed by atoms with E-state index in [4.69, 9.17) is 37.0 Å². The molecule has 0 aliphatic heterocycles. The Morgan fingerprint density at radius 2 is 0.545 bits per heavy atom. The van der Waals surface area contributed by atoms with E-state index < -0.39 is 97.5 Å². The third-order valence-corrected chi connectivity index (χ3v) is 18.3. The van der Waals surface area contributed by atoms with E-state index >= 15 is 0 Å². The molecule has 0 bridgehead atoms. The number of unbranched alkanes of at least 4 members (excludes halogenated alkanes) is 40. The Morgan fingerprint density at radius 1 is 0.318 bits per heavy atom. The number of esters is 4. The summed E-state index contributed by atoms with van der Waals surface area (Å²) in [7, 11) is -9.89. The summed E-state index contributed by atoms with van der Waals surface area (Å²) in [5.74, 6) is -1.41. The molecule has 88 heavy (non-hydrogen) atoms. The molecule has 0 amide bonds. The molecule has 19 heteroatoms. The van der Waals surface area contributed by atoms with Gasteiger partial charge in [0.05, 0.1) is 26.4 Å². The normalized spacial score (nSPS) is 14.4. The van der Waals surface area contributed by atoms with Crippen LogP contribution in [0, 0.1) is 5.92 Å². The number of hydrogen-bond donors (Lipinski definition) is 3. The number of carbonyl (C=O) groups is 4. The molecule has 3 unspecified atom stereocenters. The quantitative estimate of drug-likeness (QED) is 0.0222. The number of hydrogen-bond acceptors (Lipinski definition) is 15. The van der Waals surface area contributed by atoms with E-state index in [1.807, 2.05) is 0 Å². The standard InChI is InChI=1S/C69H134O17P2/c1-6-10-13-16-19-21-23-25-27-28-29-31-33-35-38-44-49-54-68(73)85-64(59-80-67(72)53-48-43-37-34-32-30-26-24-22-20-17-14-11-7-2)60-83-87(75,76)81-56-63(70)57-82-88(77,78)84-61-65(58-79-66(71)52-47-42-36-18-15-12-8-3)86-69(74)55-50-45-40-39-41-46-51-62(5)9-4/h62-65,70H,6-61H2,1-5H3,(H,75,76)(H,77,78)/t62?,63-,64-,65-/m1/s1. The van der Waals surface area contributed by atoms with Gasteiger partial charge in [-0.15, -0.1) is 0 Å². The monoisotopic (exact) mass is 1300 g/mol. The molecule has 0 heterocycles. The number of phosphoric ester groups is 2. The minimum atomic E-state index is -4.95. The van der Waals surface area contributed by atoms with Gasteiger partial charge in [-0.25, -0.2) is 9.13 Å². The zero-order valence-corrected chi connectivity index (χ0v) is 58.6. The van der Waals surface area contributed by atoms with E-state index in [2.05, 4.69) is 34.6 Å². The highest BCUT2D eigenvalue weighted by Crippen LogP contribution is 2.45. The lowest BCUT2D eigenvalue weighted by Gasteiger charge is -2.21. The zero-order valence-electron chi connectivity index (χ0n) is 56.9. The Kier molecular flexibility index (Phi) is 61.1. The Hall–Kier alpha value is -1.94. The van der Waals surface area contributed by atoms with Crippen molar-refractivity contribution < 1.29 is 80.2 Å². The maximum absolute atomic E-state index is 13.0. The minimum Gasteiger partial charge on any atom is -0.462 e. The predicted molar refractivity (Wildman–Crippen MR) is 354 cm³/mol. The van der Waals surface area contributed by atoms with Crippen LogP contribution in [0.25, 0.3) is 0 Å². The molecule has 6 atom stereocenters. The summed E-state index contributed by atoms with van der Waals surface area (Å²) in [6.45, 7) is 7.15. The van der Waals surface area contributed by atoms with Crippen molar-refractivity contribution in [2.75, 3.05) is 39.6 Å². The molecule has 0 aliphatic rings. The highest BCUT2D eigenvalue weighted by molar-refractivity contribution is 7.47. The molecule has 0 spiro atoms. The summed E-state index contributed by atoms with van der Waals surface area (Å²) in [4.78, 5) is 72.3. The van der Waals surface area contributed by atoms with E-state index in [-0.39, 0.29) is 25.7 Å². The fraction of sp³-hybridized carbons (Fsp3) is 0.942. The molecule has 0 rings (SSSR count). The molecule has 0 aliphatic carbocycles. The number of carbonyl (C=O) groups excluding carboxylic acids is 4. The summed E-state index contributed by atoms with van der Waals surface area (Å²) >= 11 is 0. The molecular formula is C69H134O17P2. The molecule has 0 fully saturated rings. The third kappa shape index (κ3) is 61.6. The Bertz CT molecular complexity index is 1710. The van der Waals surface area contributed by atoms with Crippen LogP contribution >= 0.6 is 15.6 Å². The van der Waals surface area contributed by atoms with Crippen LogP contribution in [-0.2, 0) is 65.4 Å². The van der Waals surface area contributed by atoms with Crippen molar-refractivity contribution in [3.8, 4) is 0 Å². The fourth-order valence-electron chi connectivity index (χ4n) is 10.4. The Balaban J connectivity index is 5.20. The summed E-state index contributed by atoms with van der Waals surface area (Å²) in [6.07, 6.45) is 48.7. The number of ether oxygens (including phenoxy) is 4. The van der Waals surface area contributed by atoms with Crippen molar-refractivity contribution in [1.82, 2.24) is 0 Å². The van der Waals surface area contributed by atoms with E-state index in [0.29, 0.717) is 25.7 Å². The van der Waals surface area contributed by atoms with Crippen LogP contribution in [0.1, 0.15) is 356 Å². The molecule has 0 radical (unpaired) electrons. The molecule has 522 valence electrons. The SMILES string of the molecule is CCCCCCCCCCCCCCCCCCCC(=O)O[C@H](COC(=O)CCCCCCCCCCCCCCCC)COP(=O)(O)OC[C@@H](O)COP(=O)(O)OC[C@@H](COC(=O)CCCCCCCCC)OC(=O)CCCCCCCCC(C)CC. The van der Waals surface area contributed by atoms with Gasteiger partial charge in [0.25, 0.3) is 0 Å². The first-order valence-electron chi connectivity index (χ1n) is 36.2. The predicted octanol–water partition coefficient (Wildman–Crippen LogP) is 19.7. The summed E-state index contributed by atoms with van der Waals surface area (Å²) in [6, 6.07) is 0. The van der Waals surface area contributed by atoms with Gasteiger partial charge in [0.1, 0.15) is 19.3 Å². The molecular weight excluding hydrogens is 1160 g/mol. The Labute approximate surface area is 537 Å². The van der Waals surface area contributed by atoms with Gasteiger partial charge in [-0.05, 0) is 31.6 Å². The average Bonchev–Trinajstić information content (AvgIpc) is 3.68. The molecule has 3 N–H and O–H groups in total. The van der Waals surface area contributed by atoms with Crippen LogP contribution in [0.4, 0.5) is 0 Å². The maximum atomic E-state index is 13.0. The van der Waals surface area contributed by atoms with Crippen molar-refractivity contribution in [1.29, 1.82) is 0 Å². The van der Waals surface area contributed by atoms with Gasteiger partial charge < -0.3 is 33.8 Å². The van der Waals surface area contributed by atoms with Gasteiger partial charge in [0.2, 0.25) is 0 Å².